The summed E-state index contributed by atoms with van der Waals surface area (Å²) < 4.78 is 30.4. The number of ketones is 1. The van der Waals surface area contributed by atoms with E-state index in [0.717, 1.165) is 4.47 Å². The number of benzene rings is 2. The van der Waals surface area contributed by atoms with Crippen LogP contribution in [0.3, 0.4) is 0 Å². The Morgan fingerprint density at radius 1 is 1.19 bits per heavy atom. The van der Waals surface area contributed by atoms with Gasteiger partial charge in [-0.3, -0.25) is 9.59 Å². The third kappa shape index (κ3) is 4.19. The lowest BCUT2D eigenvalue weighted by Gasteiger charge is -2.30. The van der Waals surface area contributed by atoms with Crippen molar-refractivity contribution in [2.75, 3.05) is 18.1 Å². The maximum absolute atomic E-state index is 13.1. The summed E-state index contributed by atoms with van der Waals surface area (Å²) in [7, 11) is -3.29. The van der Waals surface area contributed by atoms with Gasteiger partial charge in [0.15, 0.2) is 9.84 Å². The maximum atomic E-state index is 13.1. The normalized spacial score (nSPS) is 24.1. The molecule has 1 amide bonds. The highest BCUT2D eigenvalue weighted by molar-refractivity contribution is 9.10. The number of amides is 1. The van der Waals surface area contributed by atoms with Gasteiger partial charge in [-0.15, -0.1) is 0 Å². The number of sulfone groups is 1. The van der Waals surface area contributed by atoms with Gasteiger partial charge in [0.05, 0.1) is 29.7 Å². The predicted octanol–water partition coefficient (Wildman–Crippen LogP) is 3.46. The molecule has 2 heterocycles. The number of hydrogen-bond donors (Lipinski definition) is 1. The smallest absolute Gasteiger partial charge is 0.295 e. The zero-order chi connectivity index (χ0) is 23.0. The minimum atomic E-state index is -3.29. The van der Waals surface area contributed by atoms with Gasteiger partial charge in [0.2, 0.25) is 0 Å². The zero-order valence-electron chi connectivity index (χ0n) is 17.3. The average molecular weight is 520 g/mol. The monoisotopic (exact) mass is 519 g/mol. The van der Waals surface area contributed by atoms with Crippen LogP contribution in [0.1, 0.15) is 30.5 Å². The molecule has 0 spiro atoms. The summed E-state index contributed by atoms with van der Waals surface area (Å²) in [6.45, 7) is 2.35. The molecule has 0 saturated carbocycles. The van der Waals surface area contributed by atoms with Crippen molar-refractivity contribution in [1.29, 1.82) is 0 Å². The summed E-state index contributed by atoms with van der Waals surface area (Å²) in [4.78, 5) is 27.5. The van der Waals surface area contributed by atoms with E-state index < -0.39 is 33.6 Å². The molecule has 32 heavy (non-hydrogen) atoms. The third-order valence-electron chi connectivity index (χ3n) is 5.69. The Balaban J connectivity index is 1.85. The van der Waals surface area contributed by atoms with E-state index in [-0.39, 0.29) is 29.3 Å². The van der Waals surface area contributed by atoms with E-state index in [9.17, 15) is 23.1 Å². The van der Waals surface area contributed by atoms with Gasteiger partial charge >= 0.3 is 0 Å². The standard InChI is InChI=1S/C23H22BrNO6S/c1-2-31-18-8-6-14(7-9-18)21(26)19-20(15-4-3-5-16(24)12-15)25(23(28)22(19)27)17-10-11-32(29,30)13-17/h3-9,12,17,20,26H,2,10-11,13H2,1H3/t17-,20-/m1/s1. The number of aliphatic hydroxyl groups excluding tert-OH is 1. The summed E-state index contributed by atoms with van der Waals surface area (Å²) in [6, 6.07) is 12.1. The predicted molar refractivity (Wildman–Crippen MR) is 123 cm³/mol. The fraction of sp³-hybridized carbons (Fsp3) is 0.304. The third-order valence-corrected chi connectivity index (χ3v) is 7.93. The highest BCUT2D eigenvalue weighted by Crippen LogP contribution is 2.42. The molecule has 0 unspecified atom stereocenters. The summed E-state index contributed by atoms with van der Waals surface area (Å²) in [5.74, 6) is -1.56. The first-order valence-electron chi connectivity index (χ1n) is 10.2. The molecule has 7 nitrogen and oxygen atoms in total. The highest BCUT2D eigenvalue weighted by atomic mass is 79.9. The fourth-order valence-electron chi connectivity index (χ4n) is 4.26. The molecule has 2 aromatic rings. The molecular formula is C23H22BrNO6S. The molecular weight excluding hydrogens is 498 g/mol. The fourth-order valence-corrected chi connectivity index (χ4v) is 6.38. The van der Waals surface area contributed by atoms with E-state index in [1.807, 2.05) is 13.0 Å². The molecule has 2 fully saturated rings. The van der Waals surface area contributed by atoms with E-state index in [1.54, 1.807) is 42.5 Å². The van der Waals surface area contributed by atoms with Gasteiger partial charge in [0.25, 0.3) is 11.7 Å². The van der Waals surface area contributed by atoms with E-state index in [2.05, 4.69) is 15.9 Å². The molecule has 2 aliphatic rings. The van der Waals surface area contributed by atoms with E-state index in [4.69, 9.17) is 4.74 Å². The molecule has 0 bridgehead atoms. The summed E-state index contributed by atoms with van der Waals surface area (Å²) in [5.41, 5.74) is 0.919. The number of hydrogen-bond acceptors (Lipinski definition) is 6. The second-order valence-electron chi connectivity index (χ2n) is 7.78. The van der Waals surface area contributed by atoms with Crippen LogP contribution >= 0.6 is 15.9 Å². The highest BCUT2D eigenvalue weighted by Gasteiger charge is 2.50. The molecule has 0 aromatic heterocycles. The Morgan fingerprint density at radius 2 is 1.91 bits per heavy atom. The summed E-state index contributed by atoms with van der Waals surface area (Å²) in [6.07, 6.45) is 0.253. The SMILES string of the molecule is CCOc1ccc(C(O)=C2C(=O)C(=O)N([C@@H]3CCS(=O)(=O)C3)[C@@H]2c2cccc(Br)c2)cc1. The second-order valence-corrected chi connectivity index (χ2v) is 10.9. The van der Waals surface area contributed by atoms with Crippen molar-refractivity contribution in [2.45, 2.75) is 25.4 Å². The van der Waals surface area contributed by atoms with Gasteiger partial charge in [0, 0.05) is 16.1 Å². The minimum absolute atomic E-state index is 0.0369. The summed E-state index contributed by atoms with van der Waals surface area (Å²) >= 11 is 3.41. The van der Waals surface area contributed by atoms with Crippen molar-refractivity contribution >= 4 is 43.2 Å². The van der Waals surface area contributed by atoms with Gasteiger partial charge in [-0.05, 0) is 55.3 Å². The zero-order valence-corrected chi connectivity index (χ0v) is 19.7. The first kappa shape index (κ1) is 22.5. The van der Waals surface area contributed by atoms with E-state index in [0.29, 0.717) is 23.5 Å². The molecule has 2 aromatic carbocycles. The number of likely N-dealkylation sites (tertiary alicyclic amines) is 1. The first-order chi connectivity index (χ1) is 15.2. The van der Waals surface area contributed by atoms with Gasteiger partial charge in [0.1, 0.15) is 11.5 Å². The number of carbonyl (C=O) groups is 2. The number of aliphatic hydroxyl groups is 1. The van der Waals surface area contributed by atoms with Crippen LogP contribution in [0.4, 0.5) is 0 Å². The molecule has 1 N–H and O–H groups in total. The van der Waals surface area contributed by atoms with Crippen molar-refractivity contribution in [3.63, 3.8) is 0 Å². The van der Waals surface area contributed by atoms with Gasteiger partial charge in [-0.2, -0.15) is 0 Å². The Labute approximate surface area is 194 Å². The largest absolute Gasteiger partial charge is 0.507 e. The van der Waals surface area contributed by atoms with Crippen LogP contribution in [0.2, 0.25) is 0 Å². The Bertz CT molecular complexity index is 1210. The van der Waals surface area contributed by atoms with Gasteiger partial charge in [-0.25, -0.2) is 8.42 Å². The molecule has 0 aliphatic carbocycles. The van der Waals surface area contributed by atoms with E-state index in [1.165, 1.54) is 4.90 Å². The quantitative estimate of drug-likeness (QED) is 0.368. The molecule has 0 radical (unpaired) electrons. The van der Waals surface area contributed by atoms with Crippen molar-refractivity contribution in [1.82, 2.24) is 4.90 Å². The number of Topliss-reactive ketones (excluding diaryl/α,β-unsaturated/α-hetero) is 1. The maximum Gasteiger partial charge on any atom is 0.295 e. The number of carbonyl (C=O) groups excluding carboxylic acids is 2. The van der Waals surface area contributed by atoms with Crippen LogP contribution in [0, 0.1) is 0 Å². The molecule has 9 heteroatoms. The Kier molecular flexibility index (Phi) is 6.13. The first-order valence-corrected chi connectivity index (χ1v) is 12.8. The lowest BCUT2D eigenvalue weighted by atomic mass is 9.94. The van der Waals surface area contributed by atoms with Crippen LogP contribution < -0.4 is 4.74 Å². The van der Waals surface area contributed by atoms with Gasteiger partial charge < -0.3 is 14.7 Å². The second kappa shape index (κ2) is 8.71. The minimum Gasteiger partial charge on any atom is -0.507 e. The number of halogens is 1. The van der Waals surface area contributed by atoms with Crippen LogP contribution in [-0.2, 0) is 19.4 Å². The molecule has 2 atom stereocenters. The lowest BCUT2D eigenvalue weighted by molar-refractivity contribution is -0.141. The number of ether oxygens (including phenoxy) is 1. The van der Waals surface area contributed by atoms with Crippen molar-refractivity contribution < 1.29 is 27.9 Å². The van der Waals surface area contributed by atoms with Crippen molar-refractivity contribution in [2.24, 2.45) is 0 Å². The molecule has 2 saturated heterocycles. The van der Waals surface area contributed by atoms with Crippen LogP contribution in [-0.4, -0.2) is 54.3 Å². The Hall–Kier alpha value is -2.65. The number of nitrogens with zero attached hydrogens (tertiary/aromatic N) is 1. The van der Waals surface area contributed by atoms with Crippen LogP contribution in [0.5, 0.6) is 5.75 Å². The van der Waals surface area contributed by atoms with Crippen molar-refractivity contribution in [3.05, 3.63) is 69.7 Å². The van der Waals surface area contributed by atoms with E-state index >= 15 is 0 Å². The van der Waals surface area contributed by atoms with Crippen LogP contribution in [0.25, 0.3) is 5.76 Å². The Morgan fingerprint density at radius 3 is 2.50 bits per heavy atom. The molecule has 4 rings (SSSR count). The van der Waals surface area contributed by atoms with Gasteiger partial charge in [-0.1, -0.05) is 28.1 Å². The van der Waals surface area contributed by atoms with Crippen molar-refractivity contribution in [3.8, 4) is 5.75 Å². The lowest BCUT2D eigenvalue weighted by Crippen LogP contribution is -2.40. The topological polar surface area (TPSA) is 101 Å². The number of rotatable bonds is 5. The molecule has 2 aliphatic heterocycles. The summed E-state index contributed by atoms with van der Waals surface area (Å²) in [5, 5.41) is 11.1. The van der Waals surface area contributed by atoms with Crippen LogP contribution in [0.15, 0.2) is 58.6 Å². The average Bonchev–Trinajstić information content (AvgIpc) is 3.24. The molecule has 168 valence electrons.